The van der Waals surface area contributed by atoms with Crippen molar-refractivity contribution >= 4 is 17.2 Å². The minimum atomic E-state index is -1.18. The summed E-state index contributed by atoms with van der Waals surface area (Å²) in [5, 5.41) is 2.38. The van der Waals surface area contributed by atoms with E-state index in [2.05, 4.69) is 4.98 Å². The number of carbonyl (C=O) groups is 1. The molecule has 0 radical (unpaired) electrons. The maximum absolute atomic E-state index is 13.7. The van der Waals surface area contributed by atoms with Crippen molar-refractivity contribution < 1.29 is 18.3 Å². The molecule has 4 nitrogen and oxygen atoms in total. The molecule has 0 atom stereocenters. The van der Waals surface area contributed by atoms with E-state index in [-0.39, 0.29) is 12.4 Å². The fourth-order valence-corrected chi connectivity index (χ4v) is 1.86. The van der Waals surface area contributed by atoms with Crippen LogP contribution in [0.15, 0.2) is 23.7 Å². The third-order valence-corrected chi connectivity index (χ3v) is 2.89. The van der Waals surface area contributed by atoms with Crippen LogP contribution in [0.5, 0.6) is 5.75 Å². The molecule has 0 aliphatic rings. The molecule has 0 saturated carbocycles. The van der Waals surface area contributed by atoms with E-state index in [0.29, 0.717) is 5.01 Å². The second-order valence-corrected chi connectivity index (χ2v) is 4.29. The van der Waals surface area contributed by atoms with Gasteiger partial charge in [0.1, 0.15) is 23.0 Å². The van der Waals surface area contributed by atoms with Gasteiger partial charge in [-0.3, -0.25) is 4.79 Å². The molecule has 1 aromatic heterocycles. The van der Waals surface area contributed by atoms with Crippen molar-refractivity contribution in [2.75, 3.05) is 0 Å². The lowest BCUT2D eigenvalue weighted by atomic mass is 10.2. The number of hydrogen-bond donors (Lipinski definition) is 1. The van der Waals surface area contributed by atoms with E-state index in [9.17, 15) is 13.6 Å². The lowest BCUT2D eigenvalue weighted by Crippen LogP contribution is -2.16. The maximum Gasteiger partial charge on any atom is 0.254 e. The summed E-state index contributed by atoms with van der Waals surface area (Å²) in [6.07, 6.45) is 1.58. The predicted octanol–water partition coefficient (Wildman–Crippen LogP) is 2.10. The fourth-order valence-electron chi connectivity index (χ4n) is 1.33. The third kappa shape index (κ3) is 2.45. The standard InChI is InChI=1S/C11H8F2N2O2S/c12-6-1-2-7(10(13)9(6)11(14)16)17-5-8-15-3-4-18-8/h1-4H,5H2,(H2,14,16). The van der Waals surface area contributed by atoms with Crippen molar-refractivity contribution in [2.45, 2.75) is 6.61 Å². The summed E-state index contributed by atoms with van der Waals surface area (Å²) in [5.41, 5.74) is 4.09. The molecule has 0 aliphatic heterocycles. The van der Waals surface area contributed by atoms with Gasteiger partial charge in [-0.15, -0.1) is 11.3 Å². The highest BCUT2D eigenvalue weighted by Crippen LogP contribution is 2.24. The number of ether oxygens (including phenoxy) is 1. The van der Waals surface area contributed by atoms with Gasteiger partial charge in [0, 0.05) is 11.6 Å². The predicted molar refractivity (Wildman–Crippen MR) is 61.3 cm³/mol. The Labute approximate surface area is 105 Å². The van der Waals surface area contributed by atoms with Crippen molar-refractivity contribution in [3.8, 4) is 5.75 Å². The van der Waals surface area contributed by atoms with Gasteiger partial charge < -0.3 is 10.5 Å². The Morgan fingerprint density at radius 1 is 1.44 bits per heavy atom. The highest BCUT2D eigenvalue weighted by atomic mass is 32.1. The molecule has 0 unspecified atom stereocenters. The van der Waals surface area contributed by atoms with Crippen molar-refractivity contribution in [3.05, 3.63) is 45.9 Å². The van der Waals surface area contributed by atoms with Crippen LogP contribution in [0.4, 0.5) is 8.78 Å². The van der Waals surface area contributed by atoms with E-state index in [1.807, 2.05) is 0 Å². The van der Waals surface area contributed by atoms with Crippen LogP contribution in [0, 0.1) is 11.6 Å². The molecule has 1 aromatic carbocycles. The molecule has 1 heterocycles. The van der Waals surface area contributed by atoms with Gasteiger partial charge in [-0.05, 0) is 12.1 Å². The van der Waals surface area contributed by atoms with Crippen molar-refractivity contribution in [2.24, 2.45) is 5.73 Å². The summed E-state index contributed by atoms with van der Waals surface area (Å²) in [7, 11) is 0. The molecule has 2 rings (SSSR count). The van der Waals surface area contributed by atoms with E-state index < -0.39 is 23.1 Å². The summed E-state index contributed by atoms with van der Waals surface area (Å²) in [4.78, 5) is 14.8. The molecule has 0 saturated heterocycles. The number of aromatic nitrogens is 1. The molecule has 0 spiro atoms. The lowest BCUT2D eigenvalue weighted by molar-refractivity contribution is 0.0991. The SMILES string of the molecule is NC(=O)c1c(F)ccc(OCc2nccs2)c1F. The lowest BCUT2D eigenvalue weighted by Gasteiger charge is -2.08. The van der Waals surface area contributed by atoms with Crippen molar-refractivity contribution in [3.63, 3.8) is 0 Å². The monoisotopic (exact) mass is 270 g/mol. The summed E-state index contributed by atoms with van der Waals surface area (Å²) in [6, 6.07) is 2.03. The van der Waals surface area contributed by atoms with Gasteiger partial charge in [0.2, 0.25) is 0 Å². The average molecular weight is 270 g/mol. The number of nitrogens with two attached hydrogens (primary N) is 1. The first-order valence-electron chi connectivity index (χ1n) is 4.88. The zero-order chi connectivity index (χ0) is 13.1. The van der Waals surface area contributed by atoms with Crippen LogP contribution in [0.2, 0.25) is 0 Å². The summed E-state index contributed by atoms with van der Waals surface area (Å²) in [5.74, 6) is -3.52. The number of primary amides is 1. The van der Waals surface area contributed by atoms with Crippen LogP contribution in [0.25, 0.3) is 0 Å². The number of hydrogen-bond acceptors (Lipinski definition) is 4. The molecular weight excluding hydrogens is 262 g/mol. The number of nitrogens with zero attached hydrogens (tertiary/aromatic N) is 1. The molecule has 0 aliphatic carbocycles. The smallest absolute Gasteiger partial charge is 0.254 e. The van der Waals surface area contributed by atoms with Gasteiger partial charge >= 0.3 is 0 Å². The van der Waals surface area contributed by atoms with Crippen molar-refractivity contribution in [1.82, 2.24) is 4.98 Å². The average Bonchev–Trinajstić information content (AvgIpc) is 2.80. The number of carbonyl (C=O) groups excluding carboxylic acids is 1. The minimum Gasteiger partial charge on any atom is -0.483 e. The molecular formula is C11H8F2N2O2S. The van der Waals surface area contributed by atoms with Crippen molar-refractivity contribution in [1.29, 1.82) is 0 Å². The zero-order valence-corrected chi connectivity index (χ0v) is 9.84. The van der Waals surface area contributed by atoms with Gasteiger partial charge in [0.05, 0.1) is 0 Å². The number of thiazole rings is 1. The van der Waals surface area contributed by atoms with Crippen LogP contribution in [-0.2, 0) is 6.61 Å². The van der Waals surface area contributed by atoms with Gasteiger partial charge in [-0.25, -0.2) is 13.8 Å². The molecule has 94 valence electrons. The number of amides is 1. The first kappa shape index (κ1) is 12.4. The fraction of sp³-hybridized carbons (Fsp3) is 0.0909. The largest absolute Gasteiger partial charge is 0.483 e. The summed E-state index contributed by atoms with van der Waals surface area (Å²) in [6.45, 7) is 0.0401. The summed E-state index contributed by atoms with van der Waals surface area (Å²) < 4.78 is 32.0. The highest BCUT2D eigenvalue weighted by Gasteiger charge is 2.19. The van der Waals surface area contributed by atoms with Gasteiger partial charge in [-0.1, -0.05) is 0 Å². The van der Waals surface area contributed by atoms with E-state index in [1.54, 1.807) is 11.6 Å². The quantitative estimate of drug-likeness (QED) is 0.925. The Bertz CT molecular complexity index is 573. The second-order valence-electron chi connectivity index (χ2n) is 3.31. The molecule has 0 bridgehead atoms. The van der Waals surface area contributed by atoms with E-state index in [1.165, 1.54) is 11.3 Å². The van der Waals surface area contributed by atoms with E-state index in [4.69, 9.17) is 10.5 Å². The Balaban J connectivity index is 2.23. The molecule has 0 fully saturated rings. The van der Waals surface area contributed by atoms with Gasteiger partial charge in [-0.2, -0.15) is 0 Å². The topological polar surface area (TPSA) is 65.2 Å². The van der Waals surface area contributed by atoms with Crippen LogP contribution >= 0.6 is 11.3 Å². The molecule has 1 amide bonds. The highest BCUT2D eigenvalue weighted by molar-refractivity contribution is 7.09. The zero-order valence-electron chi connectivity index (χ0n) is 9.02. The molecule has 7 heteroatoms. The first-order valence-corrected chi connectivity index (χ1v) is 5.76. The Morgan fingerprint density at radius 3 is 2.83 bits per heavy atom. The van der Waals surface area contributed by atoms with Crippen LogP contribution in [0.1, 0.15) is 15.4 Å². The molecule has 18 heavy (non-hydrogen) atoms. The van der Waals surface area contributed by atoms with E-state index in [0.717, 1.165) is 12.1 Å². The Hall–Kier alpha value is -2.02. The minimum absolute atomic E-state index is 0.0401. The second kappa shape index (κ2) is 5.09. The normalized spacial score (nSPS) is 10.3. The molecule has 2 N–H and O–H groups in total. The number of benzene rings is 1. The third-order valence-electron chi connectivity index (χ3n) is 2.14. The first-order chi connectivity index (χ1) is 8.59. The number of halogens is 2. The Kier molecular flexibility index (Phi) is 3.52. The molecule has 2 aromatic rings. The van der Waals surface area contributed by atoms with Gasteiger partial charge in [0.25, 0.3) is 5.91 Å². The van der Waals surface area contributed by atoms with Crippen LogP contribution in [0.3, 0.4) is 0 Å². The van der Waals surface area contributed by atoms with Crippen LogP contribution < -0.4 is 10.5 Å². The van der Waals surface area contributed by atoms with Crippen LogP contribution in [-0.4, -0.2) is 10.9 Å². The number of rotatable bonds is 4. The maximum atomic E-state index is 13.7. The van der Waals surface area contributed by atoms with Gasteiger partial charge in [0.15, 0.2) is 11.6 Å². The Morgan fingerprint density at radius 2 is 2.22 bits per heavy atom. The summed E-state index contributed by atoms with van der Waals surface area (Å²) >= 11 is 1.34. The van der Waals surface area contributed by atoms with E-state index >= 15 is 0 Å².